The molecule has 30 heavy (non-hydrogen) atoms. The monoisotopic (exact) mass is 412 g/mol. The SMILES string of the molecule is COC(=O)NCc1cccc(CNC(=O)OCCCC(=O)CCc2ccccc2)c1. The Morgan fingerprint density at radius 1 is 0.800 bits per heavy atom. The molecule has 0 spiro atoms. The number of hydrogen-bond acceptors (Lipinski definition) is 5. The number of ketones is 1. The average molecular weight is 412 g/mol. The number of nitrogens with one attached hydrogen (secondary N) is 2. The lowest BCUT2D eigenvalue weighted by molar-refractivity contribution is -0.119. The largest absolute Gasteiger partial charge is 0.453 e. The second-order valence-corrected chi connectivity index (χ2v) is 6.78. The first-order valence-electron chi connectivity index (χ1n) is 9.92. The van der Waals surface area contributed by atoms with Gasteiger partial charge < -0.3 is 20.1 Å². The second kappa shape index (κ2) is 13.0. The van der Waals surface area contributed by atoms with Crippen molar-refractivity contribution in [2.24, 2.45) is 0 Å². The predicted octanol–water partition coefficient (Wildman–Crippen LogP) is 3.75. The zero-order valence-corrected chi connectivity index (χ0v) is 17.2. The molecular formula is C23H28N2O5. The predicted molar refractivity (Wildman–Crippen MR) is 113 cm³/mol. The molecule has 7 nitrogen and oxygen atoms in total. The highest BCUT2D eigenvalue weighted by Gasteiger charge is 2.06. The molecule has 2 rings (SSSR count). The lowest BCUT2D eigenvalue weighted by Gasteiger charge is -2.09. The van der Waals surface area contributed by atoms with Gasteiger partial charge in [0.2, 0.25) is 0 Å². The van der Waals surface area contributed by atoms with E-state index in [4.69, 9.17) is 4.74 Å². The van der Waals surface area contributed by atoms with Gasteiger partial charge in [0.15, 0.2) is 0 Å². The molecule has 0 atom stereocenters. The maximum atomic E-state index is 11.9. The van der Waals surface area contributed by atoms with Crippen molar-refractivity contribution >= 4 is 18.0 Å². The lowest BCUT2D eigenvalue weighted by Crippen LogP contribution is -2.25. The summed E-state index contributed by atoms with van der Waals surface area (Å²) in [6, 6.07) is 17.3. The number of aryl methyl sites for hydroxylation is 1. The summed E-state index contributed by atoms with van der Waals surface area (Å²) in [5.74, 6) is 0.167. The molecule has 2 N–H and O–H groups in total. The highest BCUT2D eigenvalue weighted by molar-refractivity contribution is 5.78. The van der Waals surface area contributed by atoms with Crippen LogP contribution in [-0.2, 0) is 33.8 Å². The van der Waals surface area contributed by atoms with Gasteiger partial charge in [0.05, 0.1) is 13.7 Å². The van der Waals surface area contributed by atoms with Crippen molar-refractivity contribution < 1.29 is 23.9 Å². The molecule has 2 aromatic rings. The molecule has 0 heterocycles. The maximum absolute atomic E-state index is 11.9. The maximum Gasteiger partial charge on any atom is 0.407 e. The Morgan fingerprint density at radius 3 is 2.10 bits per heavy atom. The molecule has 0 fully saturated rings. The summed E-state index contributed by atoms with van der Waals surface area (Å²) in [4.78, 5) is 34.9. The van der Waals surface area contributed by atoms with E-state index in [0.717, 1.165) is 23.1 Å². The topological polar surface area (TPSA) is 93.7 Å². The number of rotatable bonds is 11. The van der Waals surface area contributed by atoms with Crippen LogP contribution < -0.4 is 10.6 Å². The van der Waals surface area contributed by atoms with Gasteiger partial charge in [0, 0.05) is 25.9 Å². The van der Waals surface area contributed by atoms with Crippen molar-refractivity contribution in [1.82, 2.24) is 10.6 Å². The Balaban J connectivity index is 1.58. The van der Waals surface area contributed by atoms with E-state index < -0.39 is 12.2 Å². The van der Waals surface area contributed by atoms with Gasteiger partial charge in [0.25, 0.3) is 0 Å². The van der Waals surface area contributed by atoms with Crippen molar-refractivity contribution in [2.75, 3.05) is 13.7 Å². The van der Waals surface area contributed by atoms with Crippen LogP contribution >= 0.6 is 0 Å². The first-order chi connectivity index (χ1) is 14.6. The number of carbonyl (C=O) groups excluding carboxylic acids is 3. The molecule has 0 aliphatic rings. The first kappa shape index (κ1) is 22.9. The third kappa shape index (κ3) is 9.23. The van der Waals surface area contributed by atoms with Gasteiger partial charge in [-0.15, -0.1) is 0 Å². The van der Waals surface area contributed by atoms with Gasteiger partial charge in [-0.25, -0.2) is 9.59 Å². The van der Waals surface area contributed by atoms with Crippen molar-refractivity contribution in [1.29, 1.82) is 0 Å². The number of ether oxygens (including phenoxy) is 2. The molecule has 2 aromatic carbocycles. The Bertz CT molecular complexity index is 823. The van der Waals surface area contributed by atoms with Gasteiger partial charge in [-0.2, -0.15) is 0 Å². The Kier molecular flexibility index (Phi) is 9.92. The van der Waals surface area contributed by atoms with E-state index >= 15 is 0 Å². The summed E-state index contributed by atoms with van der Waals surface area (Å²) in [6.45, 7) is 0.843. The Morgan fingerprint density at radius 2 is 1.43 bits per heavy atom. The van der Waals surface area contributed by atoms with Crippen molar-refractivity contribution in [3.05, 3.63) is 71.3 Å². The number of Topliss-reactive ketones (excluding diaryl/α,β-unsaturated/α-hetero) is 1. The normalized spacial score (nSPS) is 10.2. The molecule has 160 valence electrons. The molecule has 2 amide bonds. The highest BCUT2D eigenvalue weighted by atomic mass is 16.5. The minimum Gasteiger partial charge on any atom is -0.453 e. The zero-order chi connectivity index (χ0) is 21.6. The van der Waals surface area contributed by atoms with E-state index in [1.54, 1.807) is 0 Å². The molecular weight excluding hydrogens is 384 g/mol. The first-order valence-corrected chi connectivity index (χ1v) is 9.92. The number of benzene rings is 2. The van der Waals surface area contributed by atoms with Gasteiger partial charge >= 0.3 is 12.2 Å². The van der Waals surface area contributed by atoms with E-state index in [0.29, 0.717) is 32.4 Å². The van der Waals surface area contributed by atoms with Crippen LogP contribution in [0.2, 0.25) is 0 Å². The van der Waals surface area contributed by atoms with Crippen LogP contribution in [0.15, 0.2) is 54.6 Å². The van der Waals surface area contributed by atoms with Crippen LogP contribution in [0.1, 0.15) is 36.0 Å². The highest BCUT2D eigenvalue weighted by Crippen LogP contribution is 2.07. The van der Waals surface area contributed by atoms with Crippen LogP contribution in [0.4, 0.5) is 9.59 Å². The number of carbonyl (C=O) groups is 3. The molecule has 0 saturated carbocycles. The summed E-state index contributed by atoms with van der Waals surface area (Å²) in [6.07, 6.45) is 1.11. The van der Waals surface area contributed by atoms with Crippen molar-refractivity contribution in [3.63, 3.8) is 0 Å². The van der Waals surface area contributed by atoms with E-state index in [-0.39, 0.29) is 12.4 Å². The quantitative estimate of drug-likeness (QED) is 0.548. The fourth-order valence-corrected chi connectivity index (χ4v) is 2.81. The van der Waals surface area contributed by atoms with Gasteiger partial charge in [-0.05, 0) is 29.5 Å². The van der Waals surface area contributed by atoms with Crippen LogP contribution in [0, 0.1) is 0 Å². The third-order valence-electron chi connectivity index (χ3n) is 4.42. The van der Waals surface area contributed by atoms with E-state index in [1.165, 1.54) is 7.11 Å². The summed E-state index contributed by atoms with van der Waals surface area (Å²) < 4.78 is 9.66. The van der Waals surface area contributed by atoms with Crippen molar-refractivity contribution in [2.45, 2.75) is 38.8 Å². The third-order valence-corrected chi connectivity index (χ3v) is 4.42. The van der Waals surface area contributed by atoms with Gasteiger partial charge in [0.1, 0.15) is 5.78 Å². The molecule has 0 aliphatic carbocycles. The fourth-order valence-electron chi connectivity index (χ4n) is 2.81. The van der Waals surface area contributed by atoms with E-state index in [2.05, 4.69) is 15.4 Å². The minimum atomic E-state index is -0.523. The summed E-state index contributed by atoms with van der Waals surface area (Å²) in [5, 5.41) is 5.28. The van der Waals surface area contributed by atoms with Gasteiger partial charge in [-0.3, -0.25) is 4.79 Å². The summed E-state index contributed by atoms with van der Waals surface area (Å²) in [5.41, 5.74) is 2.92. The summed E-state index contributed by atoms with van der Waals surface area (Å²) >= 11 is 0. The van der Waals surface area contributed by atoms with E-state index in [9.17, 15) is 14.4 Å². The Hall–Kier alpha value is -3.35. The smallest absolute Gasteiger partial charge is 0.407 e. The number of alkyl carbamates (subject to hydrolysis) is 2. The molecule has 0 unspecified atom stereocenters. The molecule has 0 bridgehead atoms. The summed E-state index contributed by atoms with van der Waals surface area (Å²) in [7, 11) is 1.31. The molecule has 0 aromatic heterocycles. The fraction of sp³-hybridized carbons (Fsp3) is 0.348. The second-order valence-electron chi connectivity index (χ2n) is 6.78. The average Bonchev–Trinajstić information content (AvgIpc) is 2.78. The van der Waals surface area contributed by atoms with Crippen LogP contribution in [0.25, 0.3) is 0 Å². The zero-order valence-electron chi connectivity index (χ0n) is 17.2. The van der Waals surface area contributed by atoms with E-state index in [1.807, 2.05) is 54.6 Å². The lowest BCUT2D eigenvalue weighted by atomic mass is 10.1. The number of hydrogen-bond donors (Lipinski definition) is 2. The Labute approximate surface area is 176 Å². The minimum absolute atomic E-state index is 0.167. The molecule has 0 radical (unpaired) electrons. The molecule has 7 heteroatoms. The van der Waals surface area contributed by atoms with Crippen LogP contribution in [0.3, 0.4) is 0 Å². The van der Waals surface area contributed by atoms with Gasteiger partial charge in [-0.1, -0.05) is 54.6 Å². The van der Waals surface area contributed by atoms with Crippen LogP contribution in [-0.4, -0.2) is 31.7 Å². The van der Waals surface area contributed by atoms with Crippen LogP contribution in [0.5, 0.6) is 0 Å². The molecule has 0 saturated heterocycles. The van der Waals surface area contributed by atoms with Crippen molar-refractivity contribution in [3.8, 4) is 0 Å². The number of amides is 2. The number of methoxy groups -OCH3 is 1. The molecule has 0 aliphatic heterocycles. The standard InChI is InChI=1S/C23H28N2O5/c1-29-22(27)24-16-19-9-5-10-20(15-19)17-25-23(28)30-14-6-11-21(26)13-12-18-7-3-2-4-8-18/h2-5,7-10,15H,6,11-14,16-17H2,1H3,(H,24,27)(H,25,28).